The first-order chi connectivity index (χ1) is 11.9. The fourth-order valence-corrected chi connectivity index (χ4v) is 3.75. The van der Waals surface area contributed by atoms with Gasteiger partial charge >= 0.3 is 0 Å². The van der Waals surface area contributed by atoms with Crippen LogP contribution in [0.25, 0.3) is 0 Å². The first-order valence-corrected chi connectivity index (χ1v) is 8.58. The Bertz CT molecular complexity index is 741. The average molecular weight is 343 g/mol. The zero-order valence-electron chi connectivity index (χ0n) is 15.2. The molecule has 1 saturated heterocycles. The number of nitrogens with zero attached hydrogens (tertiary/aromatic N) is 1. The van der Waals surface area contributed by atoms with Crippen LogP contribution in [0, 0.1) is 13.8 Å². The molecular weight excluding hydrogens is 318 g/mol. The second kappa shape index (κ2) is 6.56. The number of rotatable bonds is 4. The predicted octanol–water partition coefficient (Wildman–Crippen LogP) is 3.42. The minimum absolute atomic E-state index is 0.0694. The van der Waals surface area contributed by atoms with E-state index < -0.39 is 5.60 Å². The van der Waals surface area contributed by atoms with Crippen molar-refractivity contribution in [3.63, 3.8) is 0 Å². The number of furan rings is 1. The highest BCUT2D eigenvalue weighted by Gasteiger charge is 2.43. The number of ether oxygens (including phenoxy) is 1. The monoisotopic (exact) mass is 343 g/mol. The highest BCUT2D eigenvalue weighted by Crippen LogP contribution is 2.36. The van der Waals surface area contributed by atoms with E-state index in [0.717, 1.165) is 29.7 Å². The Hall–Kier alpha value is -2.27. The largest absolute Gasteiger partial charge is 0.497 e. The second-order valence-corrected chi connectivity index (χ2v) is 6.88. The molecule has 1 fully saturated rings. The lowest BCUT2D eigenvalue weighted by Crippen LogP contribution is -2.48. The molecule has 2 aromatic rings. The van der Waals surface area contributed by atoms with E-state index in [1.807, 2.05) is 31.2 Å². The standard InChI is InChI=1S/C20H25NO4/c1-13-12-25-14(2)18(13)19(22)21-11-5-6-17(21)20(3,23)15-7-9-16(24-4)10-8-15/h7-10,12,17,23H,5-6,11H2,1-4H3. The third-order valence-electron chi connectivity index (χ3n) is 5.21. The molecule has 1 amide bonds. The van der Waals surface area contributed by atoms with E-state index >= 15 is 0 Å². The Morgan fingerprint density at radius 2 is 2.00 bits per heavy atom. The summed E-state index contributed by atoms with van der Waals surface area (Å²) in [5.41, 5.74) is 1.08. The molecule has 25 heavy (non-hydrogen) atoms. The van der Waals surface area contributed by atoms with E-state index in [9.17, 15) is 9.90 Å². The van der Waals surface area contributed by atoms with Crippen molar-refractivity contribution in [2.24, 2.45) is 0 Å². The highest BCUT2D eigenvalue weighted by atomic mass is 16.5. The molecule has 2 unspecified atom stereocenters. The molecule has 2 atom stereocenters. The topological polar surface area (TPSA) is 62.9 Å². The van der Waals surface area contributed by atoms with Gasteiger partial charge in [-0.1, -0.05) is 12.1 Å². The van der Waals surface area contributed by atoms with Gasteiger partial charge in [0.1, 0.15) is 17.1 Å². The van der Waals surface area contributed by atoms with Crippen LogP contribution < -0.4 is 4.74 Å². The second-order valence-electron chi connectivity index (χ2n) is 6.88. The maximum Gasteiger partial charge on any atom is 0.258 e. The van der Waals surface area contributed by atoms with Gasteiger partial charge in [0.25, 0.3) is 5.91 Å². The predicted molar refractivity (Wildman–Crippen MR) is 94.8 cm³/mol. The number of amides is 1. The molecule has 0 bridgehead atoms. The average Bonchev–Trinajstić information content (AvgIpc) is 3.22. The van der Waals surface area contributed by atoms with Gasteiger partial charge in [-0.3, -0.25) is 4.79 Å². The minimum Gasteiger partial charge on any atom is -0.497 e. The summed E-state index contributed by atoms with van der Waals surface area (Å²) in [5, 5.41) is 11.2. The Balaban J connectivity index is 1.90. The van der Waals surface area contributed by atoms with Gasteiger partial charge in [-0.15, -0.1) is 0 Å². The zero-order valence-corrected chi connectivity index (χ0v) is 15.2. The molecule has 1 aliphatic heterocycles. The van der Waals surface area contributed by atoms with Crippen LogP contribution in [0.3, 0.4) is 0 Å². The van der Waals surface area contributed by atoms with E-state index in [-0.39, 0.29) is 11.9 Å². The van der Waals surface area contributed by atoms with Crippen molar-refractivity contribution in [1.29, 1.82) is 0 Å². The summed E-state index contributed by atoms with van der Waals surface area (Å²) >= 11 is 0. The van der Waals surface area contributed by atoms with Gasteiger partial charge in [0.05, 0.1) is 25.0 Å². The Kier molecular flexibility index (Phi) is 4.60. The molecule has 0 radical (unpaired) electrons. The number of hydrogen-bond donors (Lipinski definition) is 1. The summed E-state index contributed by atoms with van der Waals surface area (Å²) < 4.78 is 10.6. The van der Waals surface area contributed by atoms with Gasteiger partial charge in [-0.25, -0.2) is 0 Å². The van der Waals surface area contributed by atoms with E-state index in [4.69, 9.17) is 9.15 Å². The van der Waals surface area contributed by atoms with Crippen LogP contribution in [0.1, 0.15) is 47.0 Å². The number of carbonyl (C=O) groups is 1. The van der Waals surface area contributed by atoms with Crippen molar-refractivity contribution < 1.29 is 19.1 Å². The van der Waals surface area contributed by atoms with Crippen molar-refractivity contribution in [2.75, 3.05) is 13.7 Å². The number of methoxy groups -OCH3 is 1. The van der Waals surface area contributed by atoms with Crippen LogP contribution in [0.2, 0.25) is 0 Å². The van der Waals surface area contributed by atoms with Gasteiger partial charge in [0.2, 0.25) is 0 Å². The summed E-state index contributed by atoms with van der Waals surface area (Å²) in [5.74, 6) is 1.29. The maximum atomic E-state index is 13.1. The summed E-state index contributed by atoms with van der Waals surface area (Å²) in [6, 6.07) is 7.09. The van der Waals surface area contributed by atoms with Crippen molar-refractivity contribution in [1.82, 2.24) is 4.90 Å². The van der Waals surface area contributed by atoms with Crippen molar-refractivity contribution in [2.45, 2.75) is 45.3 Å². The van der Waals surface area contributed by atoms with E-state index in [1.54, 1.807) is 32.1 Å². The van der Waals surface area contributed by atoms with Crippen LogP contribution in [0.5, 0.6) is 5.75 Å². The molecule has 1 N–H and O–H groups in total. The molecule has 134 valence electrons. The Morgan fingerprint density at radius 3 is 2.56 bits per heavy atom. The number of hydrogen-bond acceptors (Lipinski definition) is 4. The molecular formula is C20H25NO4. The number of aliphatic hydroxyl groups is 1. The van der Waals surface area contributed by atoms with Crippen LogP contribution in [-0.4, -0.2) is 35.6 Å². The normalized spacial score (nSPS) is 19.7. The molecule has 0 aliphatic carbocycles. The van der Waals surface area contributed by atoms with Gasteiger partial charge in [0, 0.05) is 12.1 Å². The zero-order chi connectivity index (χ0) is 18.2. The lowest BCUT2D eigenvalue weighted by atomic mass is 9.86. The Morgan fingerprint density at radius 1 is 1.32 bits per heavy atom. The van der Waals surface area contributed by atoms with Crippen molar-refractivity contribution in [3.8, 4) is 5.75 Å². The van der Waals surface area contributed by atoms with Crippen LogP contribution in [0.4, 0.5) is 0 Å². The number of benzene rings is 1. The molecule has 1 aliphatic rings. The molecule has 5 heteroatoms. The highest BCUT2D eigenvalue weighted by molar-refractivity contribution is 5.97. The molecule has 1 aromatic carbocycles. The van der Waals surface area contributed by atoms with Crippen LogP contribution in [-0.2, 0) is 5.60 Å². The summed E-state index contributed by atoms with van der Waals surface area (Å²) in [7, 11) is 1.61. The van der Waals surface area contributed by atoms with Crippen molar-refractivity contribution in [3.05, 3.63) is 53.0 Å². The van der Waals surface area contributed by atoms with Gasteiger partial charge in [-0.2, -0.15) is 0 Å². The molecule has 0 spiro atoms. The van der Waals surface area contributed by atoms with Crippen molar-refractivity contribution >= 4 is 5.91 Å². The SMILES string of the molecule is COc1ccc(C(C)(O)C2CCCN2C(=O)c2c(C)coc2C)cc1. The first-order valence-electron chi connectivity index (χ1n) is 8.58. The van der Waals surface area contributed by atoms with Gasteiger partial charge in [0.15, 0.2) is 0 Å². The lowest BCUT2D eigenvalue weighted by Gasteiger charge is -2.37. The Labute approximate surface area is 148 Å². The van der Waals surface area contributed by atoms with Crippen LogP contribution in [0.15, 0.2) is 34.9 Å². The molecule has 0 saturated carbocycles. The third-order valence-corrected chi connectivity index (χ3v) is 5.21. The quantitative estimate of drug-likeness (QED) is 0.924. The fraction of sp³-hybridized carbons (Fsp3) is 0.450. The third kappa shape index (κ3) is 3.04. The fourth-order valence-electron chi connectivity index (χ4n) is 3.75. The van der Waals surface area contributed by atoms with E-state index in [2.05, 4.69) is 0 Å². The minimum atomic E-state index is -1.13. The maximum absolute atomic E-state index is 13.1. The molecule has 5 nitrogen and oxygen atoms in total. The smallest absolute Gasteiger partial charge is 0.258 e. The van der Waals surface area contributed by atoms with Crippen LogP contribution >= 0.6 is 0 Å². The van der Waals surface area contributed by atoms with E-state index in [1.165, 1.54) is 0 Å². The van der Waals surface area contributed by atoms with E-state index in [0.29, 0.717) is 17.9 Å². The number of likely N-dealkylation sites (tertiary alicyclic amines) is 1. The number of carbonyl (C=O) groups excluding carboxylic acids is 1. The molecule has 2 heterocycles. The summed E-state index contributed by atoms with van der Waals surface area (Å²) in [4.78, 5) is 14.9. The van der Waals surface area contributed by atoms with Gasteiger partial charge in [-0.05, 0) is 51.3 Å². The summed E-state index contributed by atoms with van der Waals surface area (Å²) in [6.45, 7) is 6.09. The summed E-state index contributed by atoms with van der Waals surface area (Å²) in [6.07, 6.45) is 3.24. The molecule has 3 rings (SSSR count). The molecule has 1 aromatic heterocycles. The number of aryl methyl sites for hydroxylation is 2. The van der Waals surface area contributed by atoms with Gasteiger partial charge < -0.3 is 19.2 Å². The lowest BCUT2D eigenvalue weighted by molar-refractivity contribution is -0.0178. The first kappa shape index (κ1) is 17.5.